The van der Waals surface area contributed by atoms with Crippen LogP contribution in [-0.4, -0.2) is 49.1 Å². The zero-order chi connectivity index (χ0) is 13.8. The second-order valence-corrected chi connectivity index (χ2v) is 5.90. The van der Waals surface area contributed by atoms with E-state index in [1.165, 1.54) is 0 Å². The molecular formula is C14H24N2O3. The molecule has 0 aromatic carbocycles. The van der Waals surface area contributed by atoms with Crippen LogP contribution in [0.2, 0.25) is 0 Å². The quantitative estimate of drug-likeness (QED) is 0.802. The van der Waals surface area contributed by atoms with Crippen LogP contribution >= 0.6 is 0 Å². The predicted octanol–water partition coefficient (Wildman–Crippen LogP) is 0.786. The Balaban J connectivity index is 1.94. The highest BCUT2D eigenvalue weighted by atomic mass is 16.5. The summed E-state index contributed by atoms with van der Waals surface area (Å²) in [6, 6.07) is -0.369. The summed E-state index contributed by atoms with van der Waals surface area (Å²) < 4.78 is 5.26. The number of nitrogens with zero attached hydrogens (tertiary/aromatic N) is 1. The lowest BCUT2D eigenvalue weighted by Crippen LogP contribution is -2.52. The van der Waals surface area contributed by atoms with Gasteiger partial charge >= 0.3 is 0 Å². The van der Waals surface area contributed by atoms with Gasteiger partial charge in [0.25, 0.3) is 0 Å². The maximum atomic E-state index is 12.5. The van der Waals surface area contributed by atoms with Gasteiger partial charge in [-0.1, -0.05) is 13.8 Å². The van der Waals surface area contributed by atoms with Gasteiger partial charge in [-0.3, -0.25) is 9.59 Å². The lowest BCUT2D eigenvalue weighted by molar-refractivity contribution is -0.140. The van der Waals surface area contributed by atoms with Gasteiger partial charge in [-0.05, 0) is 25.2 Å². The first-order chi connectivity index (χ1) is 9.08. The fourth-order valence-electron chi connectivity index (χ4n) is 2.33. The average molecular weight is 268 g/mol. The molecule has 1 heterocycles. The molecule has 2 amide bonds. The van der Waals surface area contributed by atoms with Crippen LogP contribution in [0, 0.1) is 11.8 Å². The SMILES string of the molecule is CC(C)C[C@H](NC(=O)C1CC1)C(=O)N1CCOCC1. The Labute approximate surface area is 114 Å². The van der Waals surface area contributed by atoms with Gasteiger partial charge in [0.2, 0.25) is 11.8 Å². The van der Waals surface area contributed by atoms with Gasteiger partial charge in [0.1, 0.15) is 6.04 Å². The Morgan fingerprint density at radius 3 is 2.42 bits per heavy atom. The maximum Gasteiger partial charge on any atom is 0.245 e. The molecule has 1 aliphatic carbocycles. The van der Waals surface area contributed by atoms with E-state index in [2.05, 4.69) is 19.2 Å². The lowest BCUT2D eigenvalue weighted by Gasteiger charge is -2.31. The molecule has 1 N–H and O–H groups in total. The number of carbonyl (C=O) groups excluding carboxylic acids is 2. The van der Waals surface area contributed by atoms with Crippen molar-refractivity contribution in [2.24, 2.45) is 11.8 Å². The van der Waals surface area contributed by atoms with E-state index < -0.39 is 0 Å². The Bertz CT molecular complexity index is 334. The van der Waals surface area contributed by atoms with Crippen molar-refractivity contribution in [3.63, 3.8) is 0 Å². The fraction of sp³-hybridized carbons (Fsp3) is 0.857. The summed E-state index contributed by atoms with van der Waals surface area (Å²) in [5.74, 6) is 0.625. The molecule has 1 atom stereocenters. The summed E-state index contributed by atoms with van der Waals surface area (Å²) in [5, 5.41) is 2.94. The highest BCUT2D eigenvalue weighted by Crippen LogP contribution is 2.29. The molecule has 2 aliphatic rings. The third kappa shape index (κ3) is 4.20. The van der Waals surface area contributed by atoms with Crippen molar-refractivity contribution in [1.29, 1.82) is 0 Å². The van der Waals surface area contributed by atoms with Crippen LogP contribution in [-0.2, 0) is 14.3 Å². The molecule has 1 aliphatic heterocycles. The van der Waals surface area contributed by atoms with Crippen molar-refractivity contribution >= 4 is 11.8 Å². The van der Waals surface area contributed by atoms with Gasteiger partial charge in [-0.25, -0.2) is 0 Å². The lowest BCUT2D eigenvalue weighted by atomic mass is 10.0. The molecule has 1 saturated heterocycles. The van der Waals surface area contributed by atoms with E-state index in [1.807, 2.05) is 4.90 Å². The van der Waals surface area contributed by atoms with Gasteiger partial charge in [0.05, 0.1) is 13.2 Å². The van der Waals surface area contributed by atoms with Crippen LogP contribution in [0.3, 0.4) is 0 Å². The Morgan fingerprint density at radius 2 is 1.89 bits per heavy atom. The molecule has 5 heteroatoms. The number of nitrogens with one attached hydrogen (secondary N) is 1. The highest BCUT2D eigenvalue weighted by Gasteiger charge is 2.34. The largest absolute Gasteiger partial charge is 0.378 e. The first kappa shape index (κ1) is 14.3. The summed E-state index contributed by atoms with van der Waals surface area (Å²) in [5.41, 5.74) is 0. The van der Waals surface area contributed by atoms with Gasteiger partial charge < -0.3 is 15.0 Å². The molecular weight excluding hydrogens is 244 g/mol. The van der Waals surface area contributed by atoms with Gasteiger partial charge in [-0.2, -0.15) is 0 Å². The van der Waals surface area contributed by atoms with E-state index in [9.17, 15) is 9.59 Å². The standard InChI is InChI=1S/C14H24N2O3/c1-10(2)9-12(15-13(17)11-3-4-11)14(18)16-5-7-19-8-6-16/h10-12H,3-9H2,1-2H3,(H,15,17)/t12-/m0/s1. The number of carbonyl (C=O) groups is 2. The average Bonchev–Trinajstić information content (AvgIpc) is 3.22. The maximum absolute atomic E-state index is 12.5. The van der Waals surface area contributed by atoms with E-state index in [-0.39, 0.29) is 23.8 Å². The molecule has 19 heavy (non-hydrogen) atoms. The minimum atomic E-state index is -0.369. The number of amides is 2. The molecule has 108 valence electrons. The molecule has 2 fully saturated rings. The summed E-state index contributed by atoms with van der Waals surface area (Å²) in [4.78, 5) is 26.2. The molecule has 0 unspecified atom stereocenters. The Morgan fingerprint density at radius 1 is 1.26 bits per heavy atom. The molecule has 2 rings (SSSR count). The second kappa shape index (κ2) is 6.37. The summed E-state index contributed by atoms with van der Waals surface area (Å²) in [6.07, 6.45) is 2.63. The predicted molar refractivity (Wildman–Crippen MR) is 71.5 cm³/mol. The Hall–Kier alpha value is -1.10. The third-order valence-corrected chi connectivity index (χ3v) is 3.59. The number of morpholine rings is 1. The van der Waals surface area contributed by atoms with E-state index in [0.717, 1.165) is 12.8 Å². The van der Waals surface area contributed by atoms with Crippen molar-refractivity contribution in [2.45, 2.75) is 39.2 Å². The van der Waals surface area contributed by atoms with Crippen LogP contribution < -0.4 is 5.32 Å². The monoisotopic (exact) mass is 268 g/mol. The first-order valence-corrected chi connectivity index (χ1v) is 7.25. The number of hydrogen-bond acceptors (Lipinski definition) is 3. The number of ether oxygens (including phenoxy) is 1. The number of rotatable bonds is 5. The van der Waals surface area contributed by atoms with Gasteiger partial charge in [0.15, 0.2) is 0 Å². The summed E-state index contributed by atoms with van der Waals surface area (Å²) in [7, 11) is 0. The topological polar surface area (TPSA) is 58.6 Å². The van der Waals surface area contributed by atoms with Gasteiger partial charge in [-0.15, -0.1) is 0 Å². The summed E-state index contributed by atoms with van der Waals surface area (Å²) in [6.45, 7) is 6.60. The fourth-order valence-corrected chi connectivity index (χ4v) is 2.33. The van der Waals surface area contributed by atoms with Crippen molar-refractivity contribution < 1.29 is 14.3 Å². The van der Waals surface area contributed by atoms with Crippen LogP contribution in [0.15, 0.2) is 0 Å². The molecule has 0 aromatic heterocycles. The molecule has 1 saturated carbocycles. The third-order valence-electron chi connectivity index (χ3n) is 3.59. The second-order valence-electron chi connectivity index (χ2n) is 5.90. The normalized spacial score (nSPS) is 21.3. The molecule has 0 aromatic rings. The minimum Gasteiger partial charge on any atom is -0.378 e. The van der Waals surface area contributed by atoms with E-state index >= 15 is 0 Å². The molecule has 0 radical (unpaired) electrons. The zero-order valence-electron chi connectivity index (χ0n) is 11.9. The van der Waals surface area contributed by atoms with E-state index in [0.29, 0.717) is 38.6 Å². The Kier molecular flexibility index (Phi) is 4.80. The van der Waals surface area contributed by atoms with Crippen molar-refractivity contribution in [1.82, 2.24) is 10.2 Å². The highest BCUT2D eigenvalue weighted by molar-refractivity contribution is 5.89. The van der Waals surface area contributed by atoms with Crippen LogP contribution in [0.1, 0.15) is 33.1 Å². The first-order valence-electron chi connectivity index (χ1n) is 7.25. The van der Waals surface area contributed by atoms with Gasteiger partial charge in [0, 0.05) is 19.0 Å². The molecule has 5 nitrogen and oxygen atoms in total. The molecule has 0 bridgehead atoms. The zero-order valence-corrected chi connectivity index (χ0v) is 11.9. The number of hydrogen-bond donors (Lipinski definition) is 1. The summed E-state index contributed by atoms with van der Waals surface area (Å²) >= 11 is 0. The smallest absolute Gasteiger partial charge is 0.245 e. The van der Waals surface area contributed by atoms with Crippen LogP contribution in [0.25, 0.3) is 0 Å². The van der Waals surface area contributed by atoms with E-state index in [4.69, 9.17) is 4.74 Å². The van der Waals surface area contributed by atoms with Crippen LogP contribution in [0.4, 0.5) is 0 Å². The van der Waals surface area contributed by atoms with Crippen molar-refractivity contribution in [3.05, 3.63) is 0 Å². The molecule has 0 spiro atoms. The van der Waals surface area contributed by atoms with Crippen molar-refractivity contribution in [2.75, 3.05) is 26.3 Å². The van der Waals surface area contributed by atoms with Crippen molar-refractivity contribution in [3.8, 4) is 0 Å². The van der Waals surface area contributed by atoms with Crippen LogP contribution in [0.5, 0.6) is 0 Å². The minimum absolute atomic E-state index is 0.0472. The van der Waals surface area contributed by atoms with E-state index in [1.54, 1.807) is 0 Å².